The summed E-state index contributed by atoms with van der Waals surface area (Å²) in [5.41, 5.74) is -1.19. The Labute approximate surface area is 81.5 Å². The Kier molecular flexibility index (Phi) is 5.43. The fourth-order valence-electron chi connectivity index (χ4n) is 0.524. The molecule has 0 saturated carbocycles. The van der Waals surface area contributed by atoms with Crippen molar-refractivity contribution in [2.75, 3.05) is 13.3 Å². The van der Waals surface area contributed by atoms with Crippen molar-refractivity contribution in [1.29, 1.82) is 0 Å². The van der Waals surface area contributed by atoms with E-state index in [9.17, 15) is 9.59 Å². The first-order chi connectivity index (χ1) is 5.96. The van der Waals surface area contributed by atoms with Gasteiger partial charge in [-0.3, -0.25) is 9.59 Å². The zero-order valence-electron chi connectivity index (χ0n) is 8.13. The van der Waals surface area contributed by atoms with E-state index in [0.717, 1.165) is 0 Å². The van der Waals surface area contributed by atoms with Crippen molar-refractivity contribution in [3.63, 3.8) is 0 Å². The molecule has 0 aromatic carbocycles. The van der Waals surface area contributed by atoms with Gasteiger partial charge >= 0.3 is 11.9 Å². The molecule has 4 nitrogen and oxygen atoms in total. The Balaban J connectivity index is 4.36. The molecule has 0 aliphatic carbocycles. The second-order valence-electron chi connectivity index (χ2n) is 2.81. The molecule has 0 aliphatic rings. The van der Waals surface area contributed by atoms with E-state index in [0.29, 0.717) is 0 Å². The zero-order valence-corrected chi connectivity index (χ0v) is 10.1. The average molecular weight is 224 g/mol. The highest BCUT2D eigenvalue weighted by Crippen LogP contribution is 2.25. The predicted octanol–water partition coefficient (Wildman–Crippen LogP) is 1.55. The van der Waals surface area contributed by atoms with E-state index < -0.39 is 17.4 Å². The minimum absolute atomic E-state index is 0.0514. The van der Waals surface area contributed by atoms with Gasteiger partial charge in [-0.15, -0.1) is 0 Å². The maximum atomic E-state index is 11.3. The van der Waals surface area contributed by atoms with Crippen LogP contribution in [0.3, 0.4) is 0 Å². The van der Waals surface area contributed by atoms with Crippen LogP contribution in [0.2, 0.25) is 0 Å². The highest BCUT2D eigenvalue weighted by Gasteiger charge is 2.39. The Morgan fingerprint density at radius 2 is 1.31 bits per heavy atom. The number of carbonyl (C=O) groups excluding carboxylic acids is 2. The van der Waals surface area contributed by atoms with Crippen molar-refractivity contribution in [2.45, 2.75) is 13.8 Å². The quantitative estimate of drug-likeness (QED) is 0.537. The molecule has 2 unspecified atom stereocenters. The molecule has 0 aromatic heterocycles. The van der Waals surface area contributed by atoms with Crippen LogP contribution in [0.1, 0.15) is 13.8 Å². The molecular formula is C7H14O4P2. The van der Waals surface area contributed by atoms with E-state index in [1.807, 2.05) is 0 Å². The molecule has 0 radical (unpaired) electrons. The molecule has 0 saturated heterocycles. The molecule has 0 heterocycles. The monoisotopic (exact) mass is 224 g/mol. The molecule has 0 amide bonds. The van der Waals surface area contributed by atoms with Gasteiger partial charge < -0.3 is 9.05 Å². The minimum Gasteiger partial charge on any atom is -0.448 e. The number of hydrogen-bond acceptors (Lipinski definition) is 4. The Hall–Kier alpha value is -0.200. The number of carbonyl (C=O) groups is 2. The van der Waals surface area contributed by atoms with Crippen molar-refractivity contribution in [3.05, 3.63) is 0 Å². The number of rotatable bonds is 4. The second-order valence-corrected chi connectivity index (χ2v) is 4.04. The van der Waals surface area contributed by atoms with Gasteiger partial charge in [0.25, 0.3) is 0 Å². The first-order valence-corrected chi connectivity index (χ1v) is 6.54. The van der Waals surface area contributed by atoms with Crippen molar-refractivity contribution < 1.29 is 18.6 Å². The van der Waals surface area contributed by atoms with Crippen LogP contribution in [0.4, 0.5) is 0 Å². The van der Waals surface area contributed by atoms with Crippen molar-refractivity contribution >= 4 is 29.6 Å². The minimum atomic E-state index is -1.19. The third-order valence-electron chi connectivity index (χ3n) is 1.41. The SMILES string of the molecule is CPOC(=O)C(C)(C)C(=O)OPC. The fraction of sp³-hybridized carbons (Fsp3) is 0.714. The molecule has 0 aliphatic heterocycles. The molecule has 0 aromatic rings. The molecule has 0 rings (SSSR count). The van der Waals surface area contributed by atoms with Gasteiger partial charge in [0.1, 0.15) is 0 Å². The summed E-state index contributed by atoms with van der Waals surface area (Å²) in [5.74, 6) is -1.06. The summed E-state index contributed by atoms with van der Waals surface area (Å²) in [6.45, 7) is 6.44. The summed E-state index contributed by atoms with van der Waals surface area (Å²) < 4.78 is 9.53. The highest BCUT2D eigenvalue weighted by molar-refractivity contribution is 7.32. The van der Waals surface area contributed by atoms with Crippen LogP contribution in [0.5, 0.6) is 0 Å². The summed E-state index contributed by atoms with van der Waals surface area (Å²) in [6, 6.07) is 0. The van der Waals surface area contributed by atoms with Crippen LogP contribution < -0.4 is 0 Å². The van der Waals surface area contributed by atoms with Crippen LogP contribution in [-0.4, -0.2) is 25.3 Å². The van der Waals surface area contributed by atoms with Crippen LogP contribution in [0.15, 0.2) is 0 Å². The Morgan fingerprint density at radius 3 is 1.54 bits per heavy atom. The van der Waals surface area contributed by atoms with Gasteiger partial charge in [0.2, 0.25) is 0 Å². The smallest absolute Gasteiger partial charge is 0.325 e. The lowest BCUT2D eigenvalue weighted by Crippen LogP contribution is -2.34. The van der Waals surface area contributed by atoms with Gasteiger partial charge in [0.05, 0.1) is 17.6 Å². The van der Waals surface area contributed by atoms with Gasteiger partial charge in [0.15, 0.2) is 5.41 Å². The van der Waals surface area contributed by atoms with E-state index in [-0.39, 0.29) is 17.6 Å². The zero-order chi connectivity index (χ0) is 10.5. The van der Waals surface area contributed by atoms with Crippen LogP contribution in [0, 0.1) is 5.41 Å². The van der Waals surface area contributed by atoms with Crippen LogP contribution >= 0.6 is 17.6 Å². The van der Waals surface area contributed by atoms with E-state index in [2.05, 4.69) is 0 Å². The first kappa shape index (κ1) is 12.8. The highest BCUT2D eigenvalue weighted by atomic mass is 31.1. The molecule has 0 fully saturated rings. The molecular weight excluding hydrogens is 210 g/mol. The van der Waals surface area contributed by atoms with E-state index in [1.54, 1.807) is 13.3 Å². The van der Waals surface area contributed by atoms with Gasteiger partial charge in [-0.1, -0.05) is 0 Å². The van der Waals surface area contributed by atoms with Gasteiger partial charge in [-0.25, -0.2) is 0 Å². The normalized spacial score (nSPS) is 12.6. The average Bonchev–Trinajstić information content (AvgIpc) is 2.05. The topological polar surface area (TPSA) is 52.6 Å². The van der Waals surface area contributed by atoms with Crippen molar-refractivity contribution in [3.8, 4) is 0 Å². The van der Waals surface area contributed by atoms with Gasteiger partial charge in [-0.05, 0) is 27.2 Å². The lowest BCUT2D eigenvalue weighted by molar-refractivity contribution is -0.157. The molecule has 0 bridgehead atoms. The summed E-state index contributed by atoms with van der Waals surface area (Å²) in [7, 11) is 0.103. The maximum absolute atomic E-state index is 11.3. The fourth-order valence-corrected chi connectivity index (χ4v) is 1.40. The largest absolute Gasteiger partial charge is 0.448 e. The summed E-state index contributed by atoms with van der Waals surface area (Å²) in [4.78, 5) is 22.5. The maximum Gasteiger partial charge on any atom is 0.325 e. The first-order valence-electron chi connectivity index (χ1n) is 3.72. The molecule has 6 heteroatoms. The standard InChI is InChI=1S/C7H14O4P2/c1-7(2,5(8)10-12-3)6(9)11-13-4/h12-13H,1-4H3. The summed E-state index contributed by atoms with van der Waals surface area (Å²) >= 11 is 0. The van der Waals surface area contributed by atoms with Crippen molar-refractivity contribution in [1.82, 2.24) is 0 Å². The molecule has 0 N–H and O–H groups in total. The van der Waals surface area contributed by atoms with Gasteiger partial charge in [0, 0.05) is 0 Å². The summed E-state index contributed by atoms with van der Waals surface area (Å²) in [6.07, 6.45) is 0. The van der Waals surface area contributed by atoms with E-state index >= 15 is 0 Å². The van der Waals surface area contributed by atoms with E-state index in [4.69, 9.17) is 9.05 Å². The number of hydrogen-bond donors (Lipinski definition) is 0. The Morgan fingerprint density at radius 1 is 1.00 bits per heavy atom. The third kappa shape index (κ3) is 3.58. The molecule has 13 heavy (non-hydrogen) atoms. The second kappa shape index (κ2) is 5.51. The molecule has 2 atom stereocenters. The predicted molar refractivity (Wildman–Crippen MR) is 54.4 cm³/mol. The van der Waals surface area contributed by atoms with Crippen LogP contribution in [-0.2, 0) is 18.6 Å². The lowest BCUT2D eigenvalue weighted by Gasteiger charge is -2.19. The van der Waals surface area contributed by atoms with Crippen LogP contribution in [0.25, 0.3) is 0 Å². The Bertz CT molecular complexity index is 183. The molecule has 0 spiro atoms. The van der Waals surface area contributed by atoms with E-state index in [1.165, 1.54) is 13.8 Å². The third-order valence-corrected chi connectivity index (χ3v) is 2.19. The molecule has 76 valence electrons. The lowest BCUT2D eigenvalue weighted by atomic mass is 9.95. The van der Waals surface area contributed by atoms with Crippen molar-refractivity contribution in [2.24, 2.45) is 5.41 Å². The summed E-state index contributed by atoms with van der Waals surface area (Å²) in [5, 5.41) is 0. The van der Waals surface area contributed by atoms with Gasteiger partial charge in [-0.2, -0.15) is 0 Å².